The van der Waals surface area contributed by atoms with Crippen molar-refractivity contribution in [2.45, 2.75) is 18.8 Å². The predicted molar refractivity (Wildman–Crippen MR) is 70.6 cm³/mol. The Balaban J connectivity index is 1.95. The standard InChI is InChI=1S/C13H18BrNO/c14-7-10-16-13-3-1-11(2-4-13)12-5-8-15-9-6-12/h1-4,12,15H,5-10H2. The largest absolute Gasteiger partial charge is 0.493 e. The van der Waals surface area contributed by atoms with E-state index < -0.39 is 0 Å². The van der Waals surface area contributed by atoms with E-state index in [9.17, 15) is 0 Å². The highest BCUT2D eigenvalue weighted by molar-refractivity contribution is 9.09. The molecule has 0 aliphatic carbocycles. The number of ether oxygens (including phenoxy) is 1. The number of hydrogen-bond donors (Lipinski definition) is 1. The number of halogens is 1. The second-order valence-electron chi connectivity index (χ2n) is 4.13. The molecule has 1 aromatic rings. The van der Waals surface area contributed by atoms with Crippen LogP contribution in [0, 0.1) is 0 Å². The molecule has 1 saturated heterocycles. The number of hydrogen-bond acceptors (Lipinski definition) is 2. The maximum Gasteiger partial charge on any atom is 0.119 e. The first-order valence-electron chi connectivity index (χ1n) is 5.89. The third kappa shape index (κ3) is 3.22. The van der Waals surface area contributed by atoms with E-state index in [1.165, 1.54) is 18.4 Å². The number of alkyl halides is 1. The van der Waals surface area contributed by atoms with Crippen molar-refractivity contribution in [2.75, 3.05) is 25.0 Å². The van der Waals surface area contributed by atoms with Crippen LogP contribution in [0.2, 0.25) is 0 Å². The Morgan fingerprint density at radius 3 is 2.50 bits per heavy atom. The zero-order valence-electron chi connectivity index (χ0n) is 9.42. The maximum atomic E-state index is 5.54. The molecular weight excluding hydrogens is 266 g/mol. The van der Waals surface area contributed by atoms with Crippen LogP contribution < -0.4 is 10.1 Å². The Morgan fingerprint density at radius 2 is 1.88 bits per heavy atom. The molecule has 1 heterocycles. The van der Waals surface area contributed by atoms with Gasteiger partial charge in [-0.15, -0.1) is 0 Å². The zero-order chi connectivity index (χ0) is 11.2. The van der Waals surface area contributed by atoms with Gasteiger partial charge in [-0.2, -0.15) is 0 Å². The molecule has 0 radical (unpaired) electrons. The molecule has 0 amide bonds. The Bertz CT molecular complexity index is 306. The maximum absolute atomic E-state index is 5.54. The monoisotopic (exact) mass is 283 g/mol. The van der Waals surface area contributed by atoms with Crippen molar-refractivity contribution >= 4 is 15.9 Å². The van der Waals surface area contributed by atoms with E-state index in [1.807, 2.05) is 0 Å². The first-order valence-corrected chi connectivity index (χ1v) is 7.02. The summed E-state index contributed by atoms with van der Waals surface area (Å²) in [6.45, 7) is 3.02. The van der Waals surface area contributed by atoms with Crippen LogP contribution in [0.5, 0.6) is 5.75 Å². The van der Waals surface area contributed by atoms with Gasteiger partial charge in [-0.1, -0.05) is 28.1 Å². The molecule has 0 bridgehead atoms. The molecule has 2 rings (SSSR count). The molecule has 1 aliphatic heterocycles. The van der Waals surface area contributed by atoms with E-state index in [0.717, 1.165) is 36.7 Å². The fourth-order valence-electron chi connectivity index (χ4n) is 2.15. The van der Waals surface area contributed by atoms with Crippen LogP contribution in [0.25, 0.3) is 0 Å². The lowest BCUT2D eigenvalue weighted by Crippen LogP contribution is -2.26. The summed E-state index contributed by atoms with van der Waals surface area (Å²) >= 11 is 3.35. The minimum absolute atomic E-state index is 0.728. The van der Waals surface area contributed by atoms with Crippen molar-refractivity contribution in [3.63, 3.8) is 0 Å². The molecule has 16 heavy (non-hydrogen) atoms. The van der Waals surface area contributed by atoms with Gasteiger partial charge in [0, 0.05) is 5.33 Å². The average molecular weight is 284 g/mol. The first kappa shape index (κ1) is 11.9. The van der Waals surface area contributed by atoms with Gasteiger partial charge in [0.2, 0.25) is 0 Å². The van der Waals surface area contributed by atoms with Crippen LogP contribution in [0.4, 0.5) is 0 Å². The van der Waals surface area contributed by atoms with Gasteiger partial charge in [-0.05, 0) is 49.5 Å². The smallest absolute Gasteiger partial charge is 0.119 e. The first-order chi connectivity index (χ1) is 7.90. The highest BCUT2D eigenvalue weighted by Gasteiger charge is 2.14. The quantitative estimate of drug-likeness (QED) is 0.858. The van der Waals surface area contributed by atoms with E-state index in [0.29, 0.717) is 0 Å². The number of rotatable bonds is 4. The van der Waals surface area contributed by atoms with E-state index in [2.05, 4.69) is 45.5 Å². The second kappa shape index (κ2) is 6.26. The molecule has 0 spiro atoms. The van der Waals surface area contributed by atoms with Crippen molar-refractivity contribution in [2.24, 2.45) is 0 Å². The van der Waals surface area contributed by atoms with Crippen LogP contribution >= 0.6 is 15.9 Å². The minimum Gasteiger partial charge on any atom is -0.493 e. The van der Waals surface area contributed by atoms with Gasteiger partial charge in [0.1, 0.15) is 5.75 Å². The molecule has 1 aliphatic rings. The molecule has 0 unspecified atom stereocenters. The summed E-state index contributed by atoms with van der Waals surface area (Å²) in [4.78, 5) is 0. The minimum atomic E-state index is 0.728. The van der Waals surface area contributed by atoms with Gasteiger partial charge < -0.3 is 10.1 Å². The molecule has 0 atom stereocenters. The Morgan fingerprint density at radius 1 is 1.19 bits per heavy atom. The van der Waals surface area contributed by atoms with Crippen molar-refractivity contribution in [1.29, 1.82) is 0 Å². The molecule has 1 aromatic carbocycles. The van der Waals surface area contributed by atoms with E-state index in [-0.39, 0.29) is 0 Å². The fraction of sp³-hybridized carbons (Fsp3) is 0.538. The lowest BCUT2D eigenvalue weighted by molar-refractivity contribution is 0.344. The van der Waals surface area contributed by atoms with Gasteiger partial charge in [0.15, 0.2) is 0 Å². The van der Waals surface area contributed by atoms with Crippen LogP contribution in [0.15, 0.2) is 24.3 Å². The van der Waals surface area contributed by atoms with E-state index >= 15 is 0 Å². The van der Waals surface area contributed by atoms with Crippen LogP contribution in [0.1, 0.15) is 24.3 Å². The van der Waals surface area contributed by atoms with Gasteiger partial charge in [0.25, 0.3) is 0 Å². The molecular formula is C13H18BrNO. The number of piperidine rings is 1. The second-order valence-corrected chi connectivity index (χ2v) is 4.92. The van der Waals surface area contributed by atoms with Gasteiger partial charge in [-0.25, -0.2) is 0 Å². The summed E-state index contributed by atoms with van der Waals surface area (Å²) in [5, 5.41) is 4.27. The summed E-state index contributed by atoms with van der Waals surface area (Å²) in [7, 11) is 0. The Hall–Kier alpha value is -0.540. The molecule has 0 saturated carbocycles. The van der Waals surface area contributed by atoms with Crippen LogP contribution in [-0.4, -0.2) is 25.0 Å². The summed E-state index contributed by atoms with van der Waals surface area (Å²) < 4.78 is 5.54. The van der Waals surface area contributed by atoms with E-state index in [4.69, 9.17) is 4.74 Å². The molecule has 1 fully saturated rings. The topological polar surface area (TPSA) is 21.3 Å². The van der Waals surface area contributed by atoms with E-state index in [1.54, 1.807) is 0 Å². The summed E-state index contributed by atoms with van der Waals surface area (Å²) in [6.07, 6.45) is 2.50. The molecule has 0 aromatic heterocycles. The molecule has 88 valence electrons. The van der Waals surface area contributed by atoms with Crippen molar-refractivity contribution in [3.8, 4) is 5.75 Å². The third-order valence-electron chi connectivity index (χ3n) is 3.04. The highest BCUT2D eigenvalue weighted by atomic mass is 79.9. The molecule has 2 nitrogen and oxygen atoms in total. The van der Waals surface area contributed by atoms with Crippen molar-refractivity contribution in [3.05, 3.63) is 29.8 Å². The SMILES string of the molecule is BrCCOc1ccc(C2CCNCC2)cc1. The van der Waals surface area contributed by atoms with Gasteiger partial charge in [-0.3, -0.25) is 0 Å². The normalized spacial score (nSPS) is 17.3. The molecule has 3 heteroatoms. The Labute approximate surface area is 106 Å². The Kier molecular flexibility index (Phi) is 4.67. The lowest BCUT2D eigenvalue weighted by Gasteiger charge is -2.23. The van der Waals surface area contributed by atoms with Crippen molar-refractivity contribution in [1.82, 2.24) is 5.32 Å². The van der Waals surface area contributed by atoms with Gasteiger partial charge >= 0.3 is 0 Å². The third-order valence-corrected chi connectivity index (χ3v) is 3.36. The highest BCUT2D eigenvalue weighted by Crippen LogP contribution is 2.26. The zero-order valence-corrected chi connectivity index (χ0v) is 11.0. The summed E-state index contributed by atoms with van der Waals surface area (Å²) in [5.41, 5.74) is 1.45. The number of benzene rings is 1. The summed E-state index contributed by atoms with van der Waals surface area (Å²) in [6, 6.07) is 8.58. The summed E-state index contributed by atoms with van der Waals surface area (Å²) in [5.74, 6) is 1.70. The lowest BCUT2D eigenvalue weighted by atomic mass is 9.90. The average Bonchev–Trinajstić information content (AvgIpc) is 2.38. The van der Waals surface area contributed by atoms with Crippen molar-refractivity contribution < 1.29 is 4.74 Å². The predicted octanol–water partition coefficient (Wildman–Crippen LogP) is 2.93. The van der Waals surface area contributed by atoms with Crippen LogP contribution in [0.3, 0.4) is 0 Å². The van der Waals surface area contributed by atoms with Crippen LogP contribution in [-0.2, 0) is 0 Å². The fourth-order valence-corrected chi connectivity index (χ4v) is 2.31. The molecule has 1 N–H and O–H groups in total. The number of nitrogens with one attached hydrogen (secondary N) is 1. The van der Waals surface area contributed by atoms with Gasteiger partial charge in [0.05, 0.1) is 6.61 Å².